The molecule has 0 atom stereocenters. The summed E-state index contributed by atoms with van der Waals surface area (Å²) in [5.74, 6) is 0. The van der Waals surface area contributed by atoms with Crippen LogP contribution in [0.15, 0.2) is 11.1 Å². The lowest BCUT2D eigenvalue weighted by molar-refractivity contribution is -0.0884. The maximum absolute atomic E-state index is 12.3. The van der Waals surface area contributed by atoms with Gasteiger partial charge in [0.2, 0.25) is 0 Å². The molecule has 0 fully saturated rings. The first-order chi connectivity index (χ1) is 6.47. The average molecular weight is 206 g/mol. The van der Waals surface area contributed by atoms with Crippen molar-refractivity contribution in [2.75, 3.05) is 13.6 Å². The zero-order chi connectivity index (χ0) is 11.2. The SMILES string of the molecule is CC/C(CCNC)=C(/C#N)C(F)(F)F. The molecule has 0 radical (unpaired) electrons. The van der Waals surface area contributed by atoms with Crippen LogP contribution in [-0.2, 0) is 0 Å². The van der Waals surface area contributed by atoms with Crippen molar-refractivity contribution in [1.29, 1.82) is 5.26 Å². The van der Waals surface area contributed by atoms with Crippen LogP contribution >= 0.6 is 0 Å². The van der Waals surface area contributed by atoms with Crippen molar-refractivity contribution in [2.24, 2.45) is 0 Å². The van der Waals surface area contributed by atoms with Gasteiger partial charge in [-0.2, -0.15) is 18.4 Å². The smallest absolute Gasteiger partial charge is 0.319 e. The highest BCUT2D eigenvalue weighted by Gasteiger charge is 2.35. The van der Waals surface area contributed by atoms with E-state index in [-0.39, 0.29) is 18.4 Å². The molecule has 5 heteroatoms. The molecule has 0 saturated carbocycles. The molecule has 0 heterocycles. The van der Waals surface area contributed by atoms with Crippen molar-refractivity contribution in [1.82, 2.24) is 5.32 Å². The zero-order valence-electron chi connectivity index (χ0n) is 8.20. The number of alkyl halides is 3. The van der Waals surface area contributed by atoms with Crippen LogP contribution in [0.25, 0.3) is 0 Å². The number of nitrogens with one attached hydrogen (secondary N) is 1. The minimum absolute atomic E-state index is 0.161. The van der Waals surface area contributed by atoms with E-state index in [4.69, 9.17) is 5.26 Å². The molecule has 0 bridgehead atoms. The van der Waals surface area contributed by atoms with Gasteiger partial charge >= 0.3 is 6.18 Å². The average Bonchev–Trinajstić information content (AvgIpc) is 2.09. The van der Waals surface area contributed by atoms with Gasteiger partial charge in [-0.25, -0.2) is 0 Å². The predicted molar refractivity (Wildman–Crippen MR) is 47.5 cm³/mol. The zero-order valence-corrected chi connectivity index (χ0v) is 8.20. The topological polar surface area (TPSA) is 35.8 Å². The van der Waals surface area contributed by atoms with Gasteiger partial charge in [-0.15, -0.1) is 0 Å². The largest absolute Gasteiger partial charge is 0.426 e. The lowest BCUT2D eigenvalue weighted by atomic mass is 10.0. The molecule has 0 aromatic heterocycles. The first kappa shape index (κ1) is 13.0. The van der Waals surface area contributed by atoms with Gasteiger partial charge in [-0.05, 0) is 32.0 Å². The third-order valence-electron chi connectivity index (χ3n) is 1.85. The number of hydrogen-bond acceptors (Lipinski definition) is 2. The molecule has 80 valence electrons. The number of nitrogens with zero attached hydrogens (tertiary/aromatic N) is 1. The van der Waals surface area contributed by atoms with Crippen molar-refractivity contribution in [3.63, 3.8) is 0 Å². The van der Waals surface area contributed by atoms with Gasteiger partial charge in [0.15, 0.2) is 0 Å². The van der Waals surface area contributed by atoms with Crippen LogP contribution < -0.4 is 5.32 Å². The van der Waals surface area contributed by atoms with E-state index in [9.17, 15) is 13.2 Å². The number of rotatable bonds is 4. The van der Waals surface area contributed by atoms with Crippen LogP contribution in [0.1, 0.15) is 19.8 Å². The second-order valence-electron chi connectivity index (χ2n) is 2.80. The van der Waals surface area contributed by atoms with Crippen LogP contribution in [0.2, 0.25) is 0 Å². The van der Waals surface area contributed by atoms with Crippen LogP contribution in [0.4, 0.5) is 13.2 Å². The molecule has 0 saturated heterocycles. The molecular weight excluding hydrogens is 193 g/mol. The predicted octanol–water partition coefficient (Wildman–Crippen LogP) is 2.39. The third kappa shape index (κ3) is 3.79. The molecule has 0 aliphatic rings. The van der Waals surface area contributed by atoms with Gasteiger partial charge in [0.25, 0.3) is 0 Å². The Morgan fingerprint density at radius 3 is 2.29 bits per heavy atom. The molecule has 0 aliphatic carbocycles. The van der Waals surface area contributed by atoms with Crippen LogP contribution in [0.3, 0.4) is 0 Å². The highest BCUT2D eigenvalue weighted by Crippen LogP contribution is 2.29. The minimum Gasteiger partial charge on any atom is -0.319 e. The molecule has 0 unspecified atom stereocenters. The minimum atomic E-state index is -4.52. The number of halogens is 3. The van der Waals surface area contributed by atoms with E-state index in [0.717, 1.165) is 0 Å². The fraction of sp³-hybridized carbons (Fsp3) is 0.667. The molecule has 0 rings (SSSR count). The Morgan fingerprint density at radius 2 is 2.00 bits per heavy atom. The Bertz CT molecular complexity index is 248. The van der Waals surface area contributed by atoms with Crippen molar-refractivity contribution >= 4 is 0 Å². The van der Waals surface area contributed by atoms with E-state index in [1.54, 1.807) is 14.0 Å². The lowest BCUT2D eigenvalue weighted by Gasteiger charge is -2.10. The van der Waals surface area contributed by atoms with E-state index in [0.29, 0.717) is 6.54 Å². The molecule has 0 spiro atoms. The van der Waals surface area contributed by atoms with Crippen molar-refractivity contribution < 1.29 is 13.2 Å². The fourth-order valence-corrected chi connectivity index (χ4v) is 1.10. The maximum atomic E-state index is 12.3. The maximum Gasteiger partial charge on any atom is 0.426 e. The summed E-state index contributed by atoms with van der Waals surface area (Å²) in [6.45, 7) is 2.07. The van der Waals surface area contributed by atoms with Gasteiger partial charge < -0.3 is 5.32 Å². The molecule has 0 aromatic carbocycles. The summed E-state index contributed by atoms with van der Waals surface area (Å²) in [5.41, 5.74) is -0.885. The van der Waals surface area contributed by atoms with E-state index >= 15 is 0 Å². The standard InChI is InChI=1S/C9H13F3N2/c1-3-7(4-5-14-2)8(6-13)9(10,11)12/h14H,3-5H2,1-2H3/b8-7+. The summed E-state index contributed by atoms with van der Waals surface area (Å²) < 4.78 is 36.9. The van der Waals surface area contributed by atoms with Crippen LogP contribution in [0, 0.1) is 11.3 Å². The summed E-state index contributed by atoms with van der Waals surface area (Å²) in [7, 11) is 1.66. The van der Waals surface area contributed by atoms with Gasteiger partial charge in [-0.3, -0.25) is 0 Å². The molecule has 0 amide bonds. The third-order valence-corrected chi connectivity index (χ3v) is 1.85. The highest BCUT2D eigenvalue weighted by molar-refractivity contribution is 5.32. The van der Waals surface area contributed by atoms with Gasteiger partial charge in [0.1, 0.15) is 11.6 Å². The second kappa shape index (κ2) is 5.66. The van der Waals surface area contributed by atoms with E-state index in [1.807, 2.05) is 0 Å². The van der Waals surface area contributed by atoms with E-state index < -0.39 is 11.7 Å². The number of allylic oxidation sites excluding steroid dienone is 1. The Kier molecular flexibility index (Phi) is 5.24. The molecule has 1 N–H and O–H groups in total. The summed E-state index contributed by atoms with van der Waals surface area (Å²) in [6.07, 6.45) is -4.01. The van der Waals surface area contributed by atoms with Crippen molar-refractivity contribution in [3.05, 3.63) is 11.1 Å². The summed E-state index contributed by atoms with van der Waals surface area (Å²) in [5, 5.41) is 11.2. The highest BCUT2D eigenvalue weighted by atomic mass is 19.4. The van der Waals surface area contributed by atoms with Crippen molar-refractivity contribution in [3.8, 4) is 6.07 Å². The first-order valence-electron chi connectivity index (χ1n) is 4.31. The summed E-state index contributed by atoms with van der Waals surface area (Å²) >= 11 is 0. The van der Waals surface area contributed by atoms with Gasteiger partial charge in [0.05, 0.1) is 0 Å². The van der Waals surface area contributed by atoms with Gasteiger partial charge in [0, 0.05) is 0 Å². The first-order valence-corrected chi connectivity index (χ1v) is 4.31. The van der Waals surface area contributed by atoms with Crippen LogP contribution in [-0.4, -0.2) is 19.8 Å². The quantitative estimate of drug-likeness (QED) is 0.717. The summed E-state index contributed by atoms with van der Waals surface area (Å²) in [6, 6.07) is 1.23. The molecule has 14 heavy (non-hydrogen) atoms. The molecule has 0 aliphatic heterocycles. The molecule has 0 aromatic rings. The monoisotopic (exact) mass is 206 g/mol. The Hall–Kier alpha value is -1.02. The normalized spacial score (nSPS) is 13.4. The molecular formula is C9H13F3N2. The van der Waals surface area contributed by atoms with E-state index in [2.05, 4.69) is 5.32 Å². The lowest BCUT2D eigenvalue weighted by Crippen LogP contribution is -2.16. The van der Waals surface area contributed by atoms with E-state index in [1.165, 1.54) is 6.07 Å². The number of hydrogen-bond donors (Lipinski definition) is 1. The van der Waals surface area contributed by atoms with Crippen molar-refractivity contribution in [2.45, 2.75) is 25.9 Å². The van der Waals surface area contributed by atoms with Crippen LogP contribution in [0.5, 0.6) is 0 Å². The Labute approximate surface area is 81.4 Å². The Balaban J connectivity index is 4.86. The van der Waals surface area contributed by atoms with Gasteiger partial charge in [-0.1, -0.05) is 6.92 Å². The number of nitriles is 1. The second-order valence-corrected chi connectivity index (χ2v) is 2.80. The fourth-order valence-electron chi connectivity index (χ4n) is 1.10. The summed E-state index contributed by atoms with van der Waals surface area (Å²) in [4.78, 5) is 0. The Morgan fingerprint density at radius 1 is 1.43 bits per heavy atom. The molecule has 2 nitrogen and oxygen atoms in total.